The van der Waals surface area contributed by atoms with Crippen LogP contribution in [0, 0.1) is 17.8 Å². The summed E-state index contributed by atoms with van der Waals surface area (Å²) in [5.74, 6) is 6.92. The fourth-order valence-corrected chi connectivity index (χ4v) is 0.871. The molecule has 0 heterocycles. The summed E-state index contributed by atoms with van der Waals surface area (Å²) in [6.07, 6.45) is 5.18. The van der Waals surface area contributed by atoms with Gasteiger partial charge in [0, 0.05) is 12.3 Å². The van der Waals surface area contributed by atoms with E-state index in [2.05, 4.69) is 18.8 Å². The van der Waals surface area contributed by atoms with Gasteiger partial charge in [-0.05, 0) is 6.42 Å². The first-order valence-corrected chi connectivity index (χ1v) is 3.42. The summed E-state index contributed by atoms with van der Waals surface area (Å²) < 4.78 is 0. The summed E-state index contributed by atoms with van der Waals surface area (Å²) in [5, 5.41) is 0. The van der Waals surface area contributed by atoms with Gasteiger partial charge in [0.05, 0.1) is 0 Å². The van der Waals surface area contributed by atoms with Crippen LogP contribution in [0.2, 0.25) is 0 Å². The highest BCUT2D eigenvalue weighted by molar-refractivity contribution is 5.16. The quantitative estimate of drug-likeness (QED) is 0.486. The minimum Gasteiger partial charge on any atom is -0.102 e. The Labute approximate surface area is 51.3 Å². The number of hydrogen-bond acceptors (Lipinski definition) is 0. The van der Waals surface area contributed by atoms with Gasteiger partial charge in [0.25, 0.3) is 0 Å². The fourth-order valence-electron chi connectivity index (χ4n) is 0.871. The smallest absolute Gasteiger partial charge is 0.0312 e. The zero-order chi connectivity index (χ0) is 5.82. The van der Waals surface area contributed by atoms with Crippen LogP contribution in [0.4, 0.5) is 0 Å². The second kappa shape index (κ2) is 2.77. The van der Waals surface area contributed by atoms with Crippen LogP contribution in [0.25, 0.3) is 0 Å². The third kappa shape index (κ3) is 1.26. The second-order valence-corrected chi connectivity index (χ2v) is 2.36. The summed E-state index contributed by atoms with van der Waals surface area (Å²) in [6, 6.07) is 0. The summed E-state index contributed by atoms with van der Waals surface area (Å²) in [6.45, 7) is 2.23. The Hall–Kier alpha value is -0.440. The van der Waals surface area contributed by atoms with Gasteiger partial charge in [-0.2, -0.15) is 0 Å². The van der Waals surface area contributed by atoms with Crippen LogP contribution in [-0.4, -0.2) is 0 Å². The minimum atomic E-state index is 0.773. The van der Waals surface area contributed by atoms with Gasteiger partial charge in [0.1, 0.15) is 0 Å². The normalized spacial score (nSPS) is 23.4. The molecule has 0 saturated carbocycles. The standard InChI is InChI=1S/C8H12/c1-2-3-5-8-6-4-7-8/h8H,2-3,5-6H2,1H3. The molecule has 0 amide bonds. The van der Waals surface area contributed by atoms with Gasteiger partial charge >= 0.3 is 0 Å². The maximum absolute atomic E-state index is 3.13. The minimum absolute atomic E-state index is 0.773. The van der Waals surface area contributed by atoms with Crippen molar-refractivity contribution < 1.29 is 0 Å². The van der Waals surface area contributed by atoms with Gasteiger partial charge in [-0.3, -0.25) is 0 Å². The largest absolute Gasteiger partial charge is 0.102 e. The molecule has 1 atom stereocenters. The van der Waals surface area contributed by atoms with E-state index in [0.29, 0.717) is 0 Å². The van der Waals surface area contributed by atoms with Crippen molar-refractivity contribution in [1.82, 2.24) is 0 Å². The van der Waals surface area contributed by atoms with E-state index >= 15 is 0 Å². The van der Waals surface area contributed by atoms with Crippen molar-refractivity contribution in [3.05, 3.63) is 0 Å². The summed E-state index contributed by atoms with van der Waals surface area (Å²) >= 11 is 0. The van der Waals surface area contributed by atoms with Crippen molar-refractivity contribution in [1.29, 1.82) is 0 Å². The molecular formula is C8H12. The lowest BCUT2D eigenvalue weighted by Crippen LogP contribution is -2.02. The molecule has 0 aromatic heterocycles. The molecule has 0 aliphatic heterocycles. The Kier molecular flexibility index (Phi) is 1.97. The first-order valence-electron chi connectivity index (χ1n) is 3.42. The summed E-state index contributed by atoms with van der Waals surface area (Å²) in [7, 11) is 0. The Morgan fingerprint density at radius 1 is 1.62 bits per heavy atom. The fraction of sp³-hybridized carbons (Fsp3) is 0.750. The SMILES string of the molecule is CCCCC1C#CC1. The average Bonchev–Trinajstić information content (AvgIpc) is 1.63. The molecule has 0 radical (unpaired) electrons. The molecule has 44 valence electrons. The molecule has 1 unspecified atom stereocenters. The van der Waals surface area contributed by atoms with Crippen LogP contribution >= 0.6 is 0 Å². The lowest BCUT2D eigenvalue weighted by molar-refractivity contribution is 0.563. The van der Waals surface area contributed by atoms with Crippen molar-refractivity contribution in [2.45, 2.75) is 32.6 Å². The van der Waals surface area contributed by atoms with Gasteiger partial charge in [-0.1, -0.05) is 25.7 Å². The topological polar surface area (TPSA) is 0 Å². The van der Waals surface area contributed by atoms with Crippen LogP contribution in [-0.2, 0) is 0 Å². The average molecular weight is 108 g/mol. The monoisotopic (exact) mass is 108 g/mol. The lowest BCUT2D eigenvalue weighted by Gasteiger charge is -2.10. The molecule has 0 heteroatoms. The van der Waals surface area contributed by atoms with Gasteiger partial charge in [0.2, 0.25) is 0 Å². The zero-order valence-electron chi connectivity index (χ0n) is 5.41. The third-order valence-corrected chi connectivity index (χ3v) is 1.56. The highest BCUT2D eigenvalue weighted by Crippen LogP contribution is 2.15. The molecule has 0 bridgehead atoms. The zero-order valence-corrected chi connectivity index (χ0v) is 5.41. The Balaban J connectivity index is 1.98. The van der Waals surface area contributed by atoms with Gasteiger partial charge < -0.3 is 0 Å². The molecule has 1 rings (SSSR count). The van der Waals surface area contributed by atoms with Crippen molar-refractivity contribution in [2.75, 3.05) is 0 Å². The van der Waals surface area contributed by atoms with E-state index in [1.807, 2.05) is 0 Å². The Bertz CT molecular complexity index is 114. The third-order valence-electron chi connectivity index (χ3n) is 1.56. The molecule has 1 aliphatic rings. The van der Waals surface area contributed by atoms with E-state index in [1.165, 1.54) is 25.7 Å². The molecule has 0 fully saturated rings. The van der Waals surface area contributed by atoms with Crippen LogP contribution in [0.3, 0.4) is 0 Å². The van der Waals surface area contributed by atoms with Crippen LogP contribution in [0.5, 0.6) is 0 Å². The first kappa shape index (κ1) is 5.69. The number of rotatable bonds is 3. The molecule has 0 N–H and O–H groups in total. The van der Waals surface area contributed by atoms with Crippen molar-refractivity contribution in [3.8, 4) is 11.8 Å². The van der Waals surface area contributed by atoms with Gasteiger partial charge in [-0.15, -0.1) is 5.92 Å². The molecule has 0 aromatic rings. The second-order valence-electron chi connectivity index (χ2n) is 2.36. The predicted octanol–water partition coefficient (Wildman–Crippen LogP) is 2.20. The molecule has 1 aliphatic carbocycles. The van der Waals surface area contributed by atoms with Crippen molar-refractivity contribution in [3.63, 3.8) is 0 Å². The highest BCUT2D eigenvalue weighted by atomic mass is 14.1. The van der Waals surface area contributed by atoms with Crippen molar-refractivity contribution >= 4 is 0 Å². The van der Waals surface area contributed by atoms with E-state index in [1.54, 1.807) is 0 Å². The Morgan fingerprint density at radius 3 is 2.75 bits per heavy atom. The van der Waals surface area contributed by atoms with Gasteiger partial charge in [-0.25, -0.2) is 0 Å². The lowest BCUT2D eigenvalue weighted by atomic mass is 9.93. The van der Waals surface area contributed by atoms with Crippen LogP contribution in [0.15, 0.2) is 0 Å². The molecule has 0 nitrogen and oxygen atoms in total. The van der Waals surface area contributed by atoms with E-state index in [4.69, 9.17) is 0 Å². The number of unbranched alkanes of at least 4 members (excludes halogenated alkanes) is 1. The number of hydrogen-bond donors (Lipinski definition) is 0. The van der Waals surface area contributed by atoms with Crippen LogP contribution in [0.1, 0.15) is 32.6 Å². The van der Waals surface area contributed by atoms with E-state index in [0.717, 1.165) is 5.92 Å². The van der Waals surface area contributed by atoms with Crippen molar-refractivity contribution in [2.24, 2.45) is 5.92 Å². The molecule has 0 aromatic carbocycles. The maximum atomic E-state index is 3.13. The highest BCUT2D eigenvalue weighted by Gasteiger charge is 2.06. The summed E-state index contributed by atoms with van der Waals surface area (Å²) in [5.41, 5.74) is 0. The molecule has 0 spiro atoms. The maximum Gasteiger partial charge on any atom is 0.0312 e. The molecule has 8 heavy (non-hydrogen) atoms. The predicted molar refractivity (Wildman–Crippen MR) is 35.4 cm³/mol. The van der Waals surface area contributed by atoms with Gasteiger partial charge in [0.15, 0.2) is 0 Å². The van der Waals surface area contributed by atoms with E-state index in [9.17, 15) is 0 Å². The molecule has 0 saturated heterocycles. The van der Waals surface area contributed by atoms with E-state index < -0.39 is 0 Å². The van der Waals surface area contributed by atoms with Crippen LogP contribution < -0.4 is 0 Å². The molecular weight excluding hydrogens is 96.1 g/mol. The summed E-state index contributed by atoms with van der Waals surface area (Å²) in [4.78, 5) is 0. The van der Waals surface area contributed by atoms with E-state index in [-0.39, 0.29) is 0 Å². The first-order chi connectivity index (χ1) is 3.93. The Morgan fingerprint density at radius 2 is 2.38 bits per heavy atom.